The first-order valence-corrected chi connectivity index (χ1v) is 10.8. The van der Waals surface area contributed by atoms with Crippen molar-refractivity contribution in [2.24, 2.45) is 0 Å². The largest absolute Gasteiger partial charge is 0.467 e. The van der Waals surface area contributed by atoms with E-state index in [1.807, 2.05) is 30.3 Å². The Bertz CT molecular complexity index is 1300. The molecule has 0 atom stereocenters. The van der Waals surface area contributed by atoms with Crippen LogP contribution < -0.4 is 4.90 Å². The van der Waals surface area contributed by atoms with Gasteiger partial charge in [-0.1, -0.05) is 11.3 Å². The molecule has 0 spiro atoms. The van der Waals surface area contributed by atoms with Crippen molar-refractivity contribution in [3.63, 3.8) is 0 Å². The molecule has 29 heavy (non-hydrogen) atoms. The molecule has 0 fully saturated rings. The standard InChI is InChI=1S/C22H17N3O2S2/c1-13-8-18-20(9-14(13)2)29-22(24-18)25(11-16-4-3-7-27-16)21(26)15-5-6-17-19(10-15)28-12-23-17/h3-10,12H,11H2,1-2H3. The number of hydrogen-bond acceptors (Lipinski definition) is 6. The first-order valence-electron chi connectivity index (χ1n) is 9.14. The van der Waals surface area contributed by atoms with Gasteiger partial charge in [0.05, 0.1) is 38.8 Å². The van der Waals surface area contributed by atoms with Crippen LogP contribution in [-0.4, -0.2) is 15.9 Å². The molecule has 7 heteroatoms. The number of benzene rings is 2. The fourth-order valence-electron chi connectivity index (χ4n) is 3.21. The number of rotatable bonds is 4. The molecular formula is C22H17N3O2S2. The van der Waals surface area contributed by atoms with Crippen molar-refractivity contribution < 1.29 is 9.21 Å². The van der Waals surface area contributed by atoms with Crippen LogP contribution in [0.1, 0.15) is 27.2 Å². The quantitative estimate of drug-likeness (QED) is 0.360. The van der Waals surface area contributed by atoms with E-state index in [9.17, 15) is 4.79 Å². The summed E-state index contributed by atoms with van der Waals surface area (Å²) in [5.41, 5.74) is 6.61. The number of thiazole rings is 2. The Morgan fingerprint density at radius 2 is 1.93 bits per heavy atom. The zero-order chi connectivity index (χ0) is 20.0. The molecule has 0 saturated heterocycles. The number of aromatic nitrogens is 2. The van der Waals surface area contributed by atoms with E-state index >= 15 is 0 Å². The Morgan fingerprint density at radius 1 is 1.07 bits per heavy atom. The summed E-state index contributed by atoms with van der Waals surface area (Å²) in [5.74, 6) is 0.605. The third-order valence-electron chi connectivity index (χ3n) is 4.94. The van der Waals surface area contributed by atoms with Crippen LogP contribution in [0.2, 0.25) is 0 Å². The Balaban J connectivity index is 1.59. The van der Waals surface area contributed by atoms with Crippen LogP contribution in [0.25, 0.3) is 20.4 Å². The topological polar surface area (TPSA) is 59.2 Å². The molecule has 1 amide bonds. The van der Waals surface area contributed by atoms with E-state index in [1.165, 1.54) is 33.8 Å². The maximum absolute atomic E-state index is 13.5. The monoisotopic (exact) mass is 419 g/mol. The molecule has 0 radical (unpaired) electrons. The molecule has 3 heterocycles. The molecule has 0 aliphatic carbocycles. The van der Waals surface area contributed by atoms with Gasteiger partial charge in [-0.3, -0.25) is 9.69 Å². The van der Waals surface area contributed by atoms with Gasteiger partial charge in [-0.2, -0.15) is 0 Å². The lowest BCUT2D eigenvalue weighted by Crippen LogP contribution is -2.30. The maximum Gasteiger partial charge on any atom is 0.260 e. The molecule has 3 aromatic heterocycles. The summed E-state index contributed by atoms with van der Waals surface area (Å²) in [5, 5.41) is 0.663. The third kappa shape index (κ3) is 3.32. The van der Waals surface area contributed by atoms with Gasteiger partial charge in [0.2, 0.25) is 0 Å². The van der Waals surface area contributed by atoms with Crippen LogP contribution in [0.15, 0.2) is 58.7 Å². The molecule has 0 aliphatic rings. The molecule has 0 bridgehead atoms. The molecule has 0 aliphatic heterocycles. The zero-order valence-corrected chi connectivity index (χ0v) is 17.5. The van der Waals surface area contributed by atoms with Gasteiger partial charge in [-0.15, -0.1) is 11.3 Å². The fourth-order valence-corrected chi connectivity index (χ4v) is 4.97. The van der Waals surface area contributed by atoms with E-state index in [0.717, 1.165) is 20.4 Å². The number of hydrogen-bond donors (Lipinski definition) is 0. The van der Waals surface area contributed by atoms with E-state index < -0.39 is 0 Å². The maximum atomic E-state index is 13.5. The van der Waals surface area contributed by atoms with Crippen LogP contribution in [0.3, 0.4) is 0 Å². The molecule has 0 unspecified atom stereocenters. The van der Waals surface area contributed by atoms with Gasteiger partial charge < -0.3 is 4.42 Å². The summed E-state index contributed by atoms with van der Waals surface area (Å²) in [6, 6.07) is 13.5. The van der Waals surface area contributed by atoms with Crippen molar-refractivity contribution in [3.05, 3.63) is 76.7 Å². The minimum atomic E-state index is -0.107. The highest BCUT2D eigenvalue weighted by Crippen LogP contribution is 2.33. The minimum Gasteiger partial charge on any atom is -0.467 e. The van der Waals surface area contributed by atoms with E-state index in [0.29, 0.717) is 23.0 Å². The lowest BCUT2D eigenvalue weighted by atomic mass is 10.1. The lowest BCUT2D eigenvalue weighted by molar-refractivity contribution is 0.0983. The summed E-state index contributed by atoms with van der Waals surface area (Å²) in [6.45, 7) is 4.48. The highest BCUT2D eigenvalue weighted by atomic mass is 32.1. The number of anilines is 1. The Labute approximate surface area is 175 Å². The molecular weight excluding hydrogens is 402 g/mol. The van der Waals surface area contributed by atoms with E-state index in [4.69, 9.17) is 9.40 Å². The molecule has 0 N–H and O–H groups in total. The second-order valence-corrected chi connectivity index (χ2v) is 8.80. The number of carbonyl (C=O) groups is 1. The smallest absolute Gasteiger partial charge is 0.260 e. The van der Waals surface area contributed by atoms with Gasteiger partial charge in [0, 0.05) is 5.56 Å². The highest BCUT2D eigenvalue weighted by molar-refractivity contribution is 7.22. The van der Waals surface area contributed by atoms with E-state index in [1.54, 1.807) is 16.7 Å². The molecule has 5 nitrogen and oxygen atoms in total. The minimum absolute atomic E-state index is 0.107. The molecule has 2 aromatic carbocycles. The van der Waals surface area contributed by atoms with Gasteiger partial charge in [-0.05, 0) is 67.4 Å². The van der Waals surface area contributed by atoms with Crippen LogP contribution in [-0.2, 0) is 6.54 Å². The predicted molar refractivity (Wildman–Crippen MR) is 118 cm³/mol. The zero-order valence-electron chi connectivity index (χ0n) is 15.9. The molecule has 0 saturated carbocycles. The number of furan rings is 1. The first kappa shape index (κ1) is 18.0. The number of aryl methyl sites for hydroxylation is 2. The van der Waals surface area contributed by atoms with Crippen molar-refractivity contribution in [1.82, 2.24) is 9.97 Å². The number of amides is 1. The normalized spacial score (nSPS) is 11.4. The number of nitrogens with zero attached hydrogens (tertiary/aromatic N) is 3. The van der Waals surface area contributed by atoms with Crippen LogP contribution in [0.4, 0.5) is 5.13 Å². The van der Waals surface area contributed by atoms with Crippen molar-refractivity contribution in [1.29, 1.82) is 0 Å². The average Bonchev–Trinajstić information content (AvgIpc) is 3.46. The van der Waals surface area contributed by atoms with Gasteiger partial charge in [0.1, 0.15) is 5.76 Å². The molecule has 144 valence electrons. The van der Waals surface area contributed by atoms with Crippen molar-refractivity contribution in [2.45, 2.75) is 20.4 Å². The van der Waals surface area contributed by atoms with Crippen molar-refractivity contribution >= 4 is 54.1 Å². The Hall–Kier alpha value is -3.03. The number of fused-ring (bicyclic) bond motifs is 2. The van der Waals surface area contributed by atoms with E-state index in [-0.39, 0.29) is 5.91 Å². The summed E-state index contributed by atoms with van der Waals surface area (Å²) >= 11 is 3.05. The van der Waals surface area contributed by atoms with Crippen LogP contribution in [0.5, 0.6) is 0 Å². The fraction of sp³-hybridized carbons (Fsp3) is 0.136. The van der Waals surface area contributed by atoms with Gasteiger partial charge in [0.25, 0.3) is 5.91 Å². The first-order chi connectivity index (χ1) is 14.1. The van der Waals surface area contributed by atoms with Crippen LogP contribution >= 0.6 is 22.7 Å². The predicted octanol–water partition coefficient (Wildman–Crippen LogP) is 5.96. The second-order valence-electron chi connectivity index (χ2n) is 6.91. The summed E-state index contributed by atoms with van der Waals surface area (Å²) in [4.78, 5) is 24.2. The summed E-state index contributed by atoms with van der Waals surface area (Å²) in [6.07, 6.45) is 1.62. The molecule has 5 rings (SSSR count). The average molecular weight is 420 g/mol. The second kappa shape index (κ2) is 7.09. The van der Waals surface area contributed by atoms with Gasteiger partial charge in [0.15, 0.2) is 5.13 Å². The third-order valence-corrected chi connectivity index (χ3v) is 6.77. The summed E-state index contributed by atoms with van der Waals surface area (Å²) in [7, 11) is 0. The highest BCUT2D eigenvalue weighted by Gasteiger charge is 2.23. The SMILES string of the molecule is Cc1cc2nc(N(Cc3ccco3)C(=O)c3ccc4ncsc4c3)sc2cc1C. The van der Waals surface area contributed by atoms with Crippen molar-refractivity contribution in [3.8, 4) is 0 Å². The van der Waals surface area contributed by atoms with Crippen molar-refractivity contribution in [2.75, 3.05) is 4.90 Å². The lowest BCUT2D eigenvalue weighted by Gasteiger charge is -2.18. The summed E-state index contributed by atoms with van der Waals surface area (Å²) < 4.78 is 7.57. The van der Waals surface area contributed by atoms with Gasteiger partial charge in [-0.25, -0.2) is 9.97 Å². The molecule has 5 aromatic rings. The Kier molecular flexibility index (Phi) is 4.41. The Morgan fingerprint density at radius 3 is 2.76 bits per heavy atom. The van der Waals surface area contributed by atoms with Crippen LogP contribution in [0, 0.1) is 13.8 Å². The number of carbonyl (C=O) groups excluding carboxylic acids is 1. The van der Waals surface area contributed by atoms with E-state index in [2.05, 4.69) is 31.0 Å². The van der Waals surface area contributed by atoms with Gasteiger partial charge >= 0.3 is 0 Å².